The molecule has 0 atom stereocenters. The molecule has 90 valence electrons. The summed E-state index contributed by atoms with van der Waals surface area (Å²) in [6.07, 6.45) is 3.10. The van der Waals surface area contributed by atoms with Crippen LogP contribution in [0, 0.1) is 0 Å². The van der Waals surface area contributed by atoms with Crippen LogP contribution in [0.2, 0.25) is 0 Å². The Hall–Kier alpha value is -1.84. The molecule has 1 aromatic carbocycles. The van der Waals surface area contributed by atoms with Crippen LogP contribution in [-0.4, -0.2) is 17.2 Å². The summed E-state index contributed by atoms with van der Waals surface area (Å²) in [6, 6.07) is 7.91. The Morgan fingerprint density at radius 3 is 2.88 bits per heavy atom. The van der Waals surface area contributed by atoms with Crippen molar-refractivity contribution in [3.63, 3.8) is 0 Å². The molecule has 0 unspecified atom stereocenters. The first-order chi connectivity index (χ1) is 8.35. The number of unbranched alkanes of at least 4 members (excludes halogenated alkanes) is 1. The lowest BCUT2D eigenvalue weighted by Crippen LogP contribution is -1.92. The molecule has 1 N–H and O–H groups in total. The summed E-state index contributed by atoms with van der Waals surface area (Å²) < 4.78 is 5.29. The summed E-state index contributed by atoms with van der Waals surface area (Å²) in [7, 11) is 1.88. The van der Waals surface area contributed by atoms with Crippen molar-refractivity contribution < 1.29 is 4.52 Å². The Morgan fingerprint density at radius 1 is 1.29 bits per heavy atom. The molecular weight excluding hydrogens is 214 g/mol. The van der Waals surface area contributed by atoms with Gasteiger partial charge in [-0.05, 0) is 18.6 Å². The second kappa shape index (κ2) is 5.48. The molecule has 2 aromatic rings. The van der Waals surface area contributed by atoms with Crippen molar-refractivity contribution in [3.05, 3.63) is 30.1 Å². The molecular formula is C13H17N3O. The Bertz CT molecular complexity index is 479. The number of aromatic nitrogens is 2. The van der Waals surface area contributed by atoms with Crippen LogP contribution in [0.3, 0.4) is 0 Å². The minimum Gasteiger partial charge on any atom is -0.387 e. The molecule has 0 saturated carbocycles. The molecule has 0 radical (unpaired) electrons. The molecule has 4 nitrogen and oxygen atoms in total. The highest BCUT2D eigenvalue weighted by Gasteiger charge is 2.11. The Morgan fingerprint density at radius 2 is 2.12 bits per heavy atom. The predicted octanol–water partition coefficient (Wildman–Crippen LogP) is 3.12. The summed E-state index contributed by atoms with van der Waals surface area (Å²) >= 11 is 0. The first-order valence-electron chi connectivity index (χ1n) is 5.95. The average molecular weight is 231 g/mol. The molecule has 0 bridgehead atoms. The van der Waals surface area contributed by atoms with E-state index in [9.17, 15) is 0 Å². The lowest BCUT2D eigenvalue weighted by atomic mass is 10.2. The zero-order valence-corrected chi connectivity index (χ0v) is 10.2. The van der Waals surface area contributed by atoms with Crippen LogP contribution >= 0.6 is 0 Å². The monoisotopic (exact) mass is 231 g/mol. The minimum atomic E-state index is 0.584. The van der Waals surface area contributed by atoms with Gasteiger partial charge in [0.2, 0.25) is 0 Å². The normalized spacial score (nSPS) is 10.5. The van der Waals surface area contributed by atoms with Crippen LogP contribution in [0.15, 0.2) is 28.8 Å². The zero-order chi connectivity index (χ0) is 12.1. The predicted molar refractivity (Wildman–Crippen MR) is 67.9 cm³/mol. The van der Waals surface area contributed by atoms with Gasteiger partial charge in [0.25, 0.3) is 5.89 Å². The third-order valence-electron chi connectivity index (χ3n) is 2.65. The number of rotatable bonds is 5. The summed E-state index contributed by atoms with van der Waals surface area (Å²) in [5.74, 6) is 1.37. The number of nitrogens with zero attached hydrogens (tertiary/aromatic N) is 2. The number of benzene rings is 1. The smallest absolute Gasteiger partial charge is 0.260 e. The van der Waals surface area contributed by atoms with Crippen LogP contribution in [0.4, 0.5) is 5.69 Å². The Kier molecular flexibility index (Phi) is 3.75. The minimum absolute atomic E-state index is 0.584. The third kappa shape index (κ3) is 2.64. The van der Waals surface area contributed by atoms with Crippen molar-refractivity contribution in [2.75, 3.05) is 12.4 Å². The maximum atomic E-state index is 5.29. The fourth-order valence-electron chi connectivity index (χ4n) is 1.69. The van der Waals surface area contributed by atoms with Crippen molar-refractivity contribution in [1.82, 2.24) is 10.1 Å². The number of hydrogen-bond donors (Lipinski definition) is 1. The van der Waals surface area contributed by atoms with E-state index in [0.29, 0.717) is 5.89 Å². The fraction of sp³-hybridized carbons (Fsp3) is 0.385. The van der Waals surface area contributed by atoms with E-state index in [0.717, 1.165) is 36.3 Å². The highest BCUT2D eigenvalue weighted by atomic mass is 16.5. The van der Waals surface area contributed by atoms with E-state index in [2.05, 4.69) is 22.4 Å². The van der Waals surface area contributed by atoms with E-state index in [4.69, 9.17) is 4.52 Å². The van der Waals surface area contributed by atoms with E-state index in [1.807, 2.05) is 31.3 Å². The van der Waals surface area contributed by atoms with E-state index in [1.165, 1.54) is 0 Å². The van der Waals surface area contributed by atoms with Gasteiger partial charge in [-0.25, -0.2) is 0 Å². The van der Waals surface area contributed by atoms with Gasteiger partial charge in [0.1, 0.15) is 0 Å². The maximum Gasteiger partial charge on any atom is 0.260 e. The van der Waals surface area contributed by atoms with Gasteiger partial charge in [-0.1, -0.05) is 30.6 Å². The van der Waals surface area contributed by atoms with Crippen LogP contribution in [0.1, 0.15) is 25.6 Å². The largest absolute Gasteiger partial charge is 0.387 e. The van der Waals surface area contributed by atoms with Gasteiger partial charge < -0.3 is 9.84 Å². The van der Waals surface area contributed by atoms with Gasteiger partial charge >= 0.3 is 0 Å². The molecule has 0 aliphatic heterocycles. The summed E-state index contributed by atoms with van der Waals surface area (Å²) in [4.78, 5) is 4.41. The molecule has 17 heavy (non-hydrogen) atoms. The standard InChI is InChI=1S/C13H17N3O/c1-3-4-9-12-15-13(17-16-12)10-7-5-6-8-11(10)14-2/h5-8,14H,3-4,9H2,1-2H3. The van der Waals surface area contributed by atoms with Crippen LogP contribution in [-0.2, 0) is 6.42 Å². The number of para-hydroxylation sites is 1. The second-order valence-electron chi connectivity index (χ2n) is 3.91. The van der Waals surface area contributed by atoms with E-state index >= 15 is 0 Å². The third-order valence-corrected chi connectivity index (χ3v) is 2.65. The van der Waals surface area contributed by atoms with Gasteiger partial charge in [0, 0.05) is 19.2 Å². The van der Waals surface area contributed by atoms with E-state index < -0.39 is 0 Å². The maximum absolute atomic E-state index is 5.29. The topological polar surface area (TPSA) is 51.0 Å². The van der Waals surface area contributed by atoms with Crippen LogP contribution < -0.4 is 5.32 Å². The highest BCUT2D eigenvalue weighted by Crippen LogP contribution is 2.25. The fourth-order valence-corrected chi connectivity index (χ4v) is 1.69. The van der Waals surface area contributed by atoms with Crippen LogP contribution in [0.5, 0.6) is 0 Å². The highest BCUT2D eigenvalue weighted by molar-refractivity contribution is 5.71. The molecule has 0 aliphatic carbocycles. The summed E-state index contributed by atoms with van der Waals surface area (Å²) in [5.41, 5.74) is 1.95. The van der Waals surface area contributed by atoms with Crippen molar-refractivity contribution >= 4 is 5.69 Å². The van der Waals surface area contributed by atoms with Crippen molar-refractivity contribution in [1.29, 1.82) is 0 Å². The van der Waals surface area contributed by atoms with Crippen LogP contribution in [0.25, 0.3) is 11.5 Å². The lowest BCUT2D eigenvalue weighted by molar-refractivity contribution is 0.421. The van der Waals surface area contributed by atoms with Crippen molar-refractivity contribution in [2.24, 2.45) is 0 Å². The molecule has 0 fully saturated rings. The molecule has 0 aliphatic rings. The van der Waals surface area contributed by atoms with Gasteiger partial charge in [-0.3, -0.25) is 0 Å². The molecule has 4 heteroatoms. The first-order valence-corrected chi connectivity index (χ1v) is 5.95. The summed E-state index contributed by atoms with van der Waals surface area (Å²) in [5, 5.41) is 7.11. The number of hydrogen-bond acceptors (Lipinski definition) is 4. The molecule has 1 heterocycles. The molecule has 0 saturated heterocycles. The Balaban J connectivity index is 2.24. The molecule has 2 rings (SSSR count). The average Bonchev–Trinajstić information content (AvgIpc) is 2.85. The second-order valence-corrected chi connectivity index (χ2v) is 3.91. The molecule has 0 amide bonds. The SMILES string of the molecule is CCCCc1noc(-c2ccccc2NC)n1. The van der Waals surface area contributed by atoms with E-state index in [-0.39, 0.29) is 0 Å². The van der Waals surface area contributed by atoms with Gasteiger partial charge in [-0.15, -0.1) is 0 Å². The number of aryl methyl sites for hydroxylation is 1. The number of nitrogens with one attached hydrogen (secondary N) is 1. The van der Waals surface area contributed by atoms with E-state index in [1.54, 1.807) is 0 Å². The molecule has 1 aromatic heterocycles. The first kappa shape index (κ1) is 11.6. The van der Waals surface area contributed by atoms with Gasteiger partial charge in [-0.2, -0.15) is 4.98 Å². The van der Waals surface area contributed by atoms with Gasteiger partial charge in [0.05, 0.1) is 5.56 Å². The Labute approximate surface area is 101 Å². The molecule has 0 spiro atoms. The lowest BCUT2D eigenvalue weighted by Gasteiger charge is -2.03. The quantitative estimate of drug-likeness (QED) is 0.859. The zero-order valence-electron chi connectivity index (χ0n) is 10.2. The number of anilines is 1. The summed E-state index contributed by atoms with van der Waals surface area (Å²) in [6.45, 7) is 2.15. The van der Waals surface area contributed by atoms with Crippen molar-refractivity contribution in [3.8, 4) is 11.5 Å². The van der Waals surface area contributed by atoms with Gasteiger partial charge in [0.15, 0.2) is 5.82 Å². The van der Waals surface area contributed by atoms with Crippen molar-refractivity contribution in [2.45, 2.75) is 26.2 Å².